The van der Waals surface area contributed by atoms with E-state index >= 15 is 0 Å². The second-order valence-corrected chi connectivity index (χ2v) is 3.40. The lowest BCUT2D eigenvalue weighted by Crippen LogP contribution is -1.86. The Morgan fingerprint density at radius 3 is 3.00 bits per heavy atom. The van der Waals surface area contributed by atoms with Gasteiger partial charge >= 0.3 is 0 Å². The number of H-pyrrole nitrogens is 1. The Hall–Kier alpha value is -1.35. The first-order chi connectivity index (χ1) is 6.85. The number of para-hydroxylation sites is 1. The number of nitrogens with zero attached hydrogens (tertiary/aromatic N) is 1. The SMILES string of the molecule is CCCc1nc2c(CO)cccc2[nH]1. The van der Waals surface area contributed by atoms with Crippen LogP contribution in [0.4, 0.5) is 0 Å². The summed E-state index contributed by atoms with van der Waals surface area (Å²) in [7, 11) is 0. The Balaban J connectivity index is 2.52. The largest absolute Gasteiger partial charge is 0.392 e. The van der Waals surface area contributed by atoms with Gasteiger partial charge in [-0.3, -0.25) is 0 Å². The maximum Gasteiger partial charge on any atom is 0.107 e. The van der Waals surface area contributed by atoms with Crippen molar-refractivity contribution >= 4 is 11.0 Å². The van der Waals surface area contributed by atoms with Gasteiger partial charge in [0.05, 0.1) is 17.6 Å². The fourth-order valence-corrected chi connectivity index (χ4v) is 1.63. The molecule has 2 N–H and O–H groups in total. The quantitative estimate of drug-likeness (QED) is 0.777. The van der Waals surface area contributed by atoms with Crippen LogP contribution >= 0.6 is 0 Å². The number of aliphatic hydroxyl groups is 1. The maximum absolute atomic E-state index is 9.12. The second-order valence-electron chi connectivity index (χ2n) is 3.40. The molecule has 1 heterocycles. The molecule has 0 atom stereocenters. The van der Waals surface area contributed by atoms with Crippen LogP contribution in [0.25, 0.3) is 11.0 Å². The molecule has 0 amide bonds. The number of aliphatic hydroxyl groups excluding tert-OH is 1. The monoisotopic (exact) mass is 190 g/mol. The molecule has 0 saturated carbocycles. The van der Waals surface area contributed by atoms with E-state index < -0.39 is 0 Å². The number of fused-ring (bicyclic) bond motifs is 1. The number of imidazole rings is 1. The summed E-state index contributed by atoms with van der Waals surface area (Å²) in [6, 6.07) is 5.82. The summed E-state index contributed by atoms with van der Waals surface area (Å²) in [5.74, 6) is 1.00. The molecule has 0 aliphatic heterocycles. The van der Waals surface area contributed by atoms with E-state index in [1.54, 1.807) is 0 Å². The predicted octanol–water partition coefficient (Wildman–Crippen LogP) is 2.01. The molecule has 14 heavy (non-hydrogen) atoms. The van der Waals surface area contributed by atoms with Gasteiger partial charge in [-0.05, 0) is 12.5 Å². The van der Waals surface area contributed by atoms with E-state index in [0.717, 1.165) is 35.3 Å². The van der Waals surface area contributed by atoms with Crippen molar-refractivity contribution in [3.05, 3.63) is 29.6 Å². The van der Waals surface area contributed by atoms with Crippen molar-refractivity contribution in [3.63, 3.8) is 0 Å². The summed E-state index contributed by atoms with van der Waals surface area (Å²) < 4.78 is 0. The van der Waals surface area contributed by atoms with Gasteiger partial charge in [-0.15, -0.1) is 0 Å². The molecule has 0 fully saturated rings. The van der Waals surface area contributed by atoms with Crippen molar-refractivity contribution in [2.24, 2.45) is 0 Å². The van der Waals surface area contributed by atoms with Crippen LogP contribution in [-0.2, 0) is 13.0 Å². The van der Waals surface area contributed by atoms with E-state index in [9.17, 15) is 0 Å². The van der Waals surface area contributed by atoms with Gasteiger partial charge in [0.25, 0.3) is 0 Å². The zero-order valence-corrected chi connectivity index (χ0v) is 8.25. The number of rotatable bonds is 3. The standard InChI is InChI=1S/C11H14N2O/c1-2-4-10-12-9-6-3-5-8(7-14)11(9)13-10/h3,5-6,14H,2,4,7H2,1H3,(H,12,13). The van der Waals surface area contributed by atoms with E-state index in [-0.39, 0.29) is 6.61 Å². The van der Waals surface area contributed by atoms with Crippen molar-refractivity contribution < 1.29 is 5.11 Å². The summed E-state index contributed by atoms with van der Waals surface area (Å²) in [4.78, 5) is 7.71. The van der Waals surface area contributed by atoms with E-state index in [2.05, 4.69) is 16.9 Å². The summed E-state index contributed by atoms with van der Waals surface area (Å²) >= 11 is 0. The Morgan fingerprint density at radius 1 is 1.43 bits per heavy atom. The van der Waals surface area contributed by atoms with E-state index in [0.29, 0.717) is 0 Å². The van der Waals surface area contributed by atoms with Crippen LogP contribution in [-0.4, -0.2) is 15.1 Å². The molecule has 1 aromatic carbocycles. The minimum atomic E-state index is 0.0494. The number of benzene rings is 1. The average molecular weight is 190 g/mol. The Kier molecular flexibility index (Phi) is 2.50. The van der Waals surface area contributed by atoms with Crippen LogP contribution < -0.4 is 0 Å². The van der Waals surface area contributed by atoms with Crippen molar-refractivity contribution in [1.29, 1.82) is 0 Å². The zero-order chi connectivity index (χ0) is 9.97. The van der Waals surface area contributed by atoms with Crippen molar-refractivity contribution in [2.75, 3.05) is 0 Å². The highest BCUT2D eigenvalue weighted by Gasteiger charge is 2.05. The van der Waals surface area contributed by atoms with E-state index in [1.165, 1.54) is 0 Å². The molecule has 2 aromatic rings. The van der Waals surface area contributed by atoms with Crippen LogP contribution in [0.15, 0.2) is 18.2 Å². The van der Waals surface area contributed by atoms with Gasteiger partial charge < -0.3 is 10.1 Å². The van der Waals surface area contributed by atoms with Gasteiger partial charge in [0, 0.05) is 12.0 Å². The van der Waals surface area contributed by atoms with E-state index in [4.69, 9.17) is 5.11 Å². The molecule has 0 radical (unpaired) electrons. The molecule has 1 aromatic heterocycles. The first-order valence-corrected chi connectivity index (χ1v) is 4.92. The molecule has 0 aliphatic carbocycles. The Morgan fingerprint density at radius 2 is 2.29 bits per heavy atom. The minimum absolute atomic E-state index is 0.0494. The number of nitrogens with one attached hydrogen (secondary N) is 1. The summed E-state index contributed by atoms with van der Waals surface area (Å²) in [5, 5.41) is 9.12. The molecule has 0 bridgehead atoms. The van der Waals surface area contributed by atoms with Crippen molar-refractivity contribution in [3.8, 4) is 0 Å². The molecule has 2 rings (SSSR count). The van der Waals surface area contributed by atoms with Crippen LogP contribution in [0.3, 0.4) is 0 Å². The number of aromatic amines is 1. The highest BCUT2D eigenvalue weighted by molar-refractivity contribution is 5.78. The molecular weight excluding hydrogens is 176 g/mol. The third-order valence-electron chi connectivity index (χ3n) is 2.30. The lowest BCUT2D eigenvalue weighted by Gasteiger charge is -1.94. The summed E-state index contributed by atoms with van der Waals surface area (Å²) in [5.41, 5.74) is 2.81. The Labute approximate surface area is 82.8 Å². The number of aryl methyl sites for hydroxylation is 1. The van der Waals surface area contributed by atoms with Gasteiger partial charge in [0.2, 0.25) is 0 Å². The van der Waals surface area contributed by atoms with Gasteiger partial charge in [-0.25, -0.2) is 4.98 Å². The van der Waals surface area contributed by atoms with E-state index in [1.807, 2.05) is 18.2 Å². The number of hydrogen-bond acceptors (Lipinski definition) is 2. The lowest BCUT2D eigenvalue weighted by atomic mass is 10.2. The number of aromatic nitrogens is 2. The first kappa shape index (κ1) is 9.21. The van der Waals surface area contributed by atoms with Crippen LogP contribution in [0.1, 0.15) is 24.7 Å². The highest BCUT2D eigenvalue weighted by Crippen LogP contribution is 2.16. The molecule has 0 unspecified atom stereocenters. The lowest BCUT2D eigenvalue weighted by molar-refractivity contribution is 0.283. The van der Waals surface area contributed by atoms with Gasteiger partial charge in [0.15, 0.2) is 0 Å². The predicted molar refractivity (Wildman–Crippen MR) is 56.0 cm³/mol. The fourth-order valence-electron chi connectivity index (χ4n) is 1.63. The van der Waals surface area contributed by atoms with Gasteiger partial charge in [-0.1, -0.05) is 19.1 Å². The average Bonchev–Trinajstić information content (AvgIpc) is 2.60. The van der Waals surface area contributed by atoms with Gasteiger partial charge in [-0.2, -0.15) is 0 Å². The second kappa shape index (κ2) is 3.80. The number of hydrogen-bond donors (Lipinski definition) is 2. The molecule has 0 saturated heterocycles. The van der Waals surface area contributed by atoms with Crippen LogP contribution in [0.2, 0.25) is 0 Å². The molecule has 0 aliphatic rings. The minimum Gasteiger partial charge on any atom is -0.392 e. The van der Waals surface area contributed by atoms with Crippen LogP contribution in [0, 0.1) is 0 Å². The molecule has 0 spiro atoms. The summed E-state index contributed by atoms with van der Waals surface area (Å²) in [6.45, 7) is 2.17. The molecule has 3 nitrogen and oxygen atoms in total. The Bertz CT molecular complexity index is 434. The molecule has 74 valence electrons. The highest BCUT2D eigenvalue weighted by atomic mass is 16.3. The fraction of sp³-hybridized carbons (Fsp3) is 0.364. The van der Waals surface area contributed by atoms with Gasteiger partial charge in [0.1, 0.15) is 5.82 Å². The molecular formula is C11H14N2O. The molecule has 3 heteroatoms. The van der Waals surface area contributed by atoms with Crippen LogP contribution in [0.5, 0.6) is 0 Å². The topological polar surface area (TPSA) is 48.9 Å². The first-order valence-electron chi connectivity index (χ1n) is 4.92. The normalized spacial score (nSPS) is 11.0. The smallest absolute Gasteiger partial charge is 0.107 e. The summed E-state index contributed by atoms with van der Waals surface area (Å²) in [6.07, 6.45) is 2.04. The third-order valence-corrected chi connectivity index (χ3v) is 2.30. The van der Waals surface area contributed by atoms with Crippen molar-refractivity contribution in [2.45, 2.75) is 26.4 Å². The maximum atomic E-state index is 9.12. The van der Waals surface area contributed by atoms with Crippen molar-refractivity contribution in [1.82, 2.24) is 9.97 Å². The third kappa shape index (κ3) is 1.51. The zero-order valence-electron chi connectivity index (χ0n) is 8.25.